The maximum atomic E-state index is 5.51. The van der Waals surface area contributed by atoms with Crippen LogP contribution in [0.3, 0.4) is 0 Å². The highest BCUT2D eigenvalue weighted by molar-refractivity contribution is 7.80. The summed E-state index contributed by atoms with van der Waals surface area (Å²) in [6.45, 7) is 0.699. The summed E-state index contributed by atoms with van der Waals surface area (Å²) in [5.41, 5.74) is 3.44. The number of nitrogens with zero attached hydrogens (tertiary/aromatic N) is 3. The minimum atomic E-state index is 0.699. The van der Waals surface area contributed by atoms with Gasteiger partial charge in [0.2, 0.25) is 0 Å². The topological polar surface area (TPSA) is 25.1 Å². The molecule has 0 atom stereocenters. The Kier molecular flexibility index (Phi) is 4.80. The maximum absolute atomic E-state index is 5.51. The van der Waals surface area contributed by atoms with Crippen molar-refractivity contribution in [3.8, 4) is 11.3 Å². The molecule has 0 fully saturated rings. The second kappa shape index (κ2) is 6.41. The SMILES string of the molecule is CNC(=S)N(C)Cc1c(-c2ccccc2)n(C)c(=S)n1C. The smallest absolute Gasteiger partial charge is 0.180 e. The van der Waals surface area contributed by atoms with E-state index in [2.05, 4.69) is 22.0 Å². The Bertz CT molecular complexity index is 700. The number of imidazole rings is 1. The van der Waals surface area contributed by atoms with Gasteiger partial charge in [0.1, 0.15) is 0 Å². The van der Waals surface area contributed by atoms with E-state index in [9.17, 15) is 0 Å². The summed E-state index contributed by atoms with van der Waals surface area (Å²) < 4.78 is 4.90. The Labute approximate surface area is 136 Å². The molecule has 0 aliphatic carbocycles. The van der Waals surface area contributed by atoms with Gasteiger partial charge in [0.25, 0.3) is 0 Å². The average Bonchev–Trinajstić information content (AvgIpc) is 2.71. The fourth-order valence-corrected chi connectivity index (χ4v) is 2.68. The molecule has 0 amide bonds. The van der Waals surface area contributed by atoms with Gasteiger partial charge in [-0.25, -0.2) is 0 Å². The van der Waals surface area contributed by atoms with Crippen LogP contribution in [0.5, 0.6) is 0 Å². The van der Waals surface area contributed by atoms with E-state index in [1.54, 1.807) is 0 Å². The van der Waals surface area contributed by atoms with Crippen LogP contribution >= 0.6 is 24.4 Å². The molecule has 6 heteroatoms. The van der Waals surface area contributed by atoms with Gasteiger partial charge in [-0.3, -0.25) is 0 Å². The van der Waals surface area contributed by atoms with E-state index in [4.69, 9.17) is 24.4 Å². The predicted octanol–water partition coefficient (Wildman–Crippen LogP) is 2.70. The van der Waals surface area contributed by atoms with Gasteiger partial charge >= 0.3 is 0 Å². The van der Waals surface area contributed by atoms with Gasteiger partial charge < -0.3 is 19.4 Å². The quantitative estimate of drug-likeness (QED) is 0.879. The molecule has 1 aromatic carbocycles. The van der Waals surface area contributed by atoms with Crippen LogP contribution in [0.4, 0.5) is 0 Å². The van der Waals surface area contributed by atoms with Crippen LogP contribution in [0.1, 0.15) is 5.69 Å². The molecule has 1 N–H and O–H groups in total. The lowest BCUT2D eigenvalue weighted by atomic mass is 10.1. The van der Waals surface area contributed by atoms with Gasteiger partial charge in [-0.1, -0.05) is 30.3 Å². The molecule has 112 valence electrons. The van der Waals surface area contributed by atoms with Crippen molar-refractivity contribution in [1.82, 2.24) is 19.4 Å². The molecule has 1 aromatic heterocycles. The number of hydrogen-bond acceptors (Lipinski definition) is 2. The van der Waals surface area contributed by atoms with Gasteiger partial charge in [-0.05, 0) is 24.4 Å². The number of nitrogens with one attached hydrogen (secondary N) is 1. The third-order valence-corrected chi connectivity index (χ3v) is 4.65. The molecule has 0 aliphatic rings. The van der Waals surface area contributed by atoms with Crippen molar-refractivity contribution in [1.29, 1.82) is 0 Å². The van der Waals surface area contributed by atoms with E-state index in [-0.39, 0.29) is 0 Å². The molecular formula is C15H20N4S2. The first-order chi connectivity index (χ1) is 9.97. The highest BCUT2D eigenvalue weighted by Crippen LogP contribution is 2.25. The fourth-order valence-electron chi connectivity index (χ4n) is 2.41. The molecule has 4 nitrogen and oxygen atoms in total. The summed E-state index contributed by atoms with van der Waals surface area (Å²) in [7, 11) is 7.81. The molecule has 0 unspecified atom stereocenters. The molecule has 0 radical (unpaired) electrons. The van der Waals surface area contributed by atoms with E-state index in [1.165, 1.54) is 0 Å². The maximum Gasteiger partial charge on any atom is 0.180 e. The Morgan fingerprint density at radius 3 is 2.38 bits per heavy atom. The molecule has 0 saturated carbocycles. The normalized spacial score (nSPS) is 10.5. The molecule has 0 aliphatic heterocycles. The van der Waals surface area contributed by atoms with Gasteiger partial charge in [0.15, 0.2) is 9.88 Å². The van der Waals surface area contributed by atoms with Gasteiger partial charge in [-0.15, -0.1) is 0 Å². The van der Waals surface area contributed by atoms with E-state index in [1.807, 2.05) is 55.9 Å². The Balaban J connectivity index is 2.53. The standard InChI is InChI=1S/C15H20N4S2/c1-16-14(20)17(2)10-12-13(11-8-6-5-7-9-11)19(4)15(21)18(12)3/h5-9H,10H2,1-4H3,(H,16,20). The van der Waals surface area contributed by atoms with Crippen molar-refractivity contribution in [3.05, 3.63) is 40.8 Å². The van der Waals surface area contributed by atoms with Crippen molar-refractivity contribution in [3.63, 3.8) is 0 Å². The molecule has 2 rings (SSSR count). The zero-order chi connectivity index (χ0) is 15.6. The van der Waals surface area contributed by atoms with Crippen LogP contribution in [0.25, 0.3) is 11.3 Å². The first kappa shape index (κ1) is 15.7. The zero-order valence-electron chi connectivity index (χ0n) is 12.8. The largest absolute Gasteiger partial charge is 0.366 e. The van der Waals surface area contributed by atoms with Crippen LogP contribution in [0.15, 0.2) is 30.3 Å². The lowest BCUT2D eigenvalue weighted by Crippen LogP contribution is -2.34. The molecule has 21 heavy (non-hydrogen) atoms. The predicted molar refractivity (Wildman–Crippen MR) is 93.8 cm³/mol. The summed E-state index contributed by atoms with van der Waals surface area (Å²) in [6, 6.07) is 10.3. The van der Waals surface area contributed by atoms with E-state index < -0.39 is 0 Å². The van der Waals surface area contributed by atoms with E-state index in [0.29, 0.717) is 11.7 Å². The van der Waals surface area contributed by atoms with Gasteiger partial charge in [0.05, 0.1) is 17.9 Å². The summed E-state index contributed by atoms with van der Waals surface area (Å²) >= 11 is 10.8. The zero-order valence-corrected chi connectivity index (χ0v) is 14.4. The number of benzene rings is 1. The minimum absolute atomic E-state index is 0.699. The van der Waals surface area contributed by atoms with Crippen LogP contribution in [-0.4, -0.2) is 33.2 Å². The minimum Gasteiger partial charge on any atom is -0.366 e. The van der Waals surface area contributed by atoms with Crippen molar-refractivity contribution in [2.75, 3.05) is 14.1 Å². The van der Waals surface area contributed by atoms with Crippen LogP contribution in [0.2, 0.25) is 0 Å². The Morgan fingerprint density at radius 1 is 1.19 bits per heavy atom. The Morgan fingerprint density at radius 2 is 1.81 bits per heavy atom. The average molecular weight is 320 g/mol. The molecule has 0 spiro atoms. The summed E-state index contributed by atoms with van der Waals surface area (Å²) in [6.07, 6.45) is 0. The summed E-state index contributed by atoms with van der Waals surface area (Å²) in [5, 5.41) is 3.71. The molecular weight excluding hydrogens is 300 g/mol. The summed E-state index contributed by atoms with van der Waals surface area (Å²) in [4.78, 5) is 2.01. The second-order valence-electron chi connectivity index (χ2n) is 4.97. The molecule has 0 bridgehead atoms. The van der Waals surface area contributed by atoms with E-state index >= 15 is 0 Å². The van der Waals surface area contributed by atoms with Crippen LogP contribution < -0.4 is 5.32 Å². The van der Waals surface area contributed by atoms with Crippen LogP contribution in [-0.2, 0) is 20.6 Å². The third kappa shape index (κ3) is 3.01. The van der Waals surface area contributed by atoms with Gasteiger partial charge in [0, 0.05) is 33.8 Å². The number of hydrogen-bond donors (Lipinski definition) is 1. The Hall–Kier alpha value is -1.66. The number of thiocarbonyl (C=S) groups is 1. The van der Waals surface area contributed by atoms with Crippen molar-refractivity contribution >= 4 is 29.5 Å². The number of aromatic nitrogens is 2. The lowest BCUT2D eigenvalue weighted by Gasteiger charge is -2.20. The second-order valence-corrected chi connectivity index (χ2v) is 5.72. The fraction of sp³-hybridized carbons (Fsp3) is 0.333. The monoisotopic (exact) mass is 320 g/mol. The number of rotatable bonds is 3. The lowest BCUT2D eigenvalue weighted by molar-refractivity contribution is 0.478. The summed E-state index contributed by atoms with van der Waals surface area (Å²) in [5.74, 6) is 0. The molecule has 1 heterocycles. The first-order valence-corrected chi connectivity index (χ1v) is 7.51. The highest BCUT2D eigenvalue weighted by atomic mass is 32.1. The first-order valence-electron chi connectivity index (χ1n) is 6.70. The third-order valence-electron chi connectivity index (χ3n) is 3.58. The van der Waals surface area contributed by atoms with Crippen LogP contribution in [0, 0.1) is 4.77 Å². The van der Waals surface area contributed by atoms with Crippen molar-refractivity contribution in [2.24, 2.45) is 14.1 Å². The van der Waals surface area contributed by atoms with Gasteiger partial charge in [-0.2, -0.15) is 0 Å². The van der Waals surface area contributed by atoms with Crippen molar-refractivity contribution < 1.29 is 0 Å². The van der Waals surface area contributed by atoms with E-state index in [0.717, 1.165) is 21.7 Å². The molecule has 2 aromatic rings. The van der Waals surface area contributed by atoms with Crippen molar-refractivity contribution in [2.45, 2.75) is 6.54 Å². The highest BCUT2D eigenvalue weighted by Gasteiger charge is 2.17. The molecule has 0 saturated heterocycles.